The Morgan fingerprint density at radius 1 is 1.11 bits per heavy atom. The van der Waals surface area contributed by atoms with Crippen molar-refractivity contribution in [3.05, 3.63) is 53.0 Å². The molecule has 0 N–H and O–H groups in total. The first-order valence-corrected chi connectivity index (χ1v) is 12.7. The monoisotopic (exact) mass is 484 g/mol. The minimum Gasteiger partial charge on any atom is -0.453 e. The Morgan fingerprint density at radius 3 is 2.34 bits per heavy atom. The van der Waals surface area contributed by atoms with Crippen LogP contribution in [0.2, 0.25) is 0 Å². The molecule has 0 fully saturated rings. The molecule has 2 aromatic rings. The van der Waals surface area contributed by atoms with Crippen LogP contribution in [0.15, 0.2) is 30.3 Å². The Morgan fingerprint density at radius 2 is 1.74 bits per heavy atom. The van der Waals surface area contributed by atoms with E-state index in [1.165, 1.54) is 12.7 Å². The highest BCUT2D eigenvalue weighted by molar-refractivity contribution is 5.67. The molecule has 0 unspecified atom stereocenters. The SMILES string of the molecule is CC(C)C.CCOCCN(C)c1nc(C(C)(C)c2ccccc2)nc2c1CCN(C(=O)OC)CC2. The molecule has 1 aromatic heterocycles. The van der Waals surface area contributed by atoms with E-state index in [0.717, 1.165) is 35.4 Å². The number of likely N-dealkylation sites (N-methyl/N-ethyl adjacent to an activating group) is 1. The number of carbonyl (C=O) groups excluding carboxylic acids is 1. The van der Waals surface area contributed by atoms with Crippen LogP contribution in [-0.4, -0.2) is 68.0 Å². The molecule has 194 valence electrons. The fourth-order valence-electron chi connectivity index (χ4n) is 3.92. The van der Waals surface area contributed by atoms with Gasteiger partial charge in [0.2, 0.25) is 0 Å². The highest BCUT2D eigenvalue weighted by atomic mass is 16.5. The van der Waals surface area contributed by atoms with Crippen LogP contribution in [0.5, 0.6) is 0 Å². The van der Waals surface area contributed by atoms with Crippen LogP contribution < -0.4 is 4.90 Å². The first-order valence-electron chi connectivity index (χ1n) is 12.7. The largest absolute Gasteiger partial charge is 0.453 e. The third kappa shape index (κ3) is 7.92. The summed E-state index contributed by atoms with van der Waals surface area (Å²) >= 11 is 0. The second kappa shape index (κ2) is 13.4. The lowest BCUT2D eigenvalue weighted by molar-refractivity contribution is 0.125. The maximum Gasteiger partial charge on any atom is 0.409 e. The average molecular weight is 485 g/mol. The van der Waals surface area contributed by atoms with Crippen LogP contribution in [0.3, 0.4) is 0 Å². The average Bonchev–Trinajstić information content (AvgIpc) is 3.06. The van der Waals surface area contributed by atoms with E-state index in [2.05, 4.69) is 51.7 Å². The topological polar surface area (TPSA) is 67.8 Å². The van der Waals surface area contributed by atoms with Crippen LogP contribution in [0.1, 0.15) is 64.2 Å². The summed E-state index contributed by atoms with van der Waals surface area (Å²) in [6, 6.07) is 10.3. The van der Waals surface area contributed by atoms with Crippen LogP contribution in [0, 0.1) is 5.92 Å². The Kier molecular flexibility index (Phi) is 11.0. The molecule has 0 aliphatic carbocycles. The number of hydrogen-bond donors (Lipinski definition) is 0. The van der Waals surface area contributed by atoms with Crippen molar-refractivity contribution in [1.29, 1.82) is 0 Å². The zero-order valence-corrected chi connectivity index (χ0v) is 22.9. The van der Waals surface area contributed by atoms with Crippen molar-refractivity contribution in [3.8, 4) is 0 Å². The van der Waals surface area contributed by atoms with Gasteiger partial charge in [0.1, 0.15) is 11.6 Å². The summed E-state index contributed by atoms with van der Waals surface area (Å²) in [5.41, 5.74) is 2.94. The van der Waals surface area contributed by atoms with Gasteiger partial charge in [-0.2, -0.15) is 0 Å². The predicted octanol–water partition coefficient (Wildman–Crippen LogP) is 5.10. The first kappa shape index (κ1) is 28.6. The maximum atomic E-state index is 12.1. The van der Waals surface area contributed by atoms with Crippen molar-refractivity contribution in [1.82, 2.24) is 14.9 Å². The molecule has 1 aliphatic rings. The Balaban J connectivity index is 0.00000100. The number of rotatable bonds is 7. The summed E-state index contributed by atoms with van der Waals surface area (Å²) in [5.74, 6) is 2.55. The number of benzene rings is 1. The molecular weight excluding hydrogens is 440 g/mol. The van der Waals surface area contributed by atoms with Gasteiger partial charge in [0.15, 0.2) is 0 Å². The van der Waals surface area contributed by atoms with Crippen molar-refractivity contribution in [2.75, 3.05) is 51.9 Å². The Bertz CT molecular complexity index is 929. The smallest absolute Gasteiger partial charge is 0.409 e. The molecule has 3 rings (SSSR count). The van der Waals surface area contributed by atoms with Gasteiger partial charge in [0.25, 0.3) is 0 Å². The number of amides is 1. The lowest BCUT2D eigenvalue weighted by Gasteiger charge is -2.28. The molecule has 1 aliphatic heterocycles. The number of carbonyl (C=O) groups is 1. The van der Waals surface area contributed by atoms with Crippen LogP contribution >= 0.6 is 0 Å². The Hall–Kier alpha value is -2.67. The summed E-state index contributed by atoms with van der Waals surface area (Å²) in [7, 11) is 3.47. The van der Waals surface area contributed by atoms with Gasteiger partial charge < -0.3 is 19.3 Å². The third-order valence-electron chi connectivity index (χ3n) is 5.95. The van der Waals surface area contributed by atoms with Gasteiger partial charge in [-0.1, -0.05) is 51.1 Å². The van der Waals surface area contributed by atoms with E-state index >= 15 is 0 Å². The molecule has 35 heavy (non-hydrogen) atoms. The van der Waals surface area contributed by atoms with Crippen molar-refractivity contribution in [2.45, 2.75) is 59.8 Å². The molecule has 1 amide bonds. The summed E-state index contributed by atoms with van der Waals surface area (Å²) in [6.07, 6.45) is 1.08. The molecule has 0 saturated carbocycles. The van der Waals surface area contributed by atoms with Gasteiger partial charge >= 0.3 is 6.09 Å². The quantitative estimate of drug-likeness (QED) is 0.509. The minimum absolute atomic E-state index is 0.295. The van der Waals surface area contributed by atoms with E-state index in [0.29, 0.717) is 39.1 Å². The van der Waals surface area contributed by atoms with Gasteiger partial charge in [-0.05, 0) is 38.7 Å². The van der Waals surface area contributed by atoms with Crippen molar-refractivity contribution in [2.24, 2.45) is 5.92 Å². The van der Waals surface area contributed by atoms with Gasteiger partial charge in [0.05, 0.1) is 19.4 Å². The zero-order valence-electron chi connectivity index (χ0n) is 22.9. The van der Waals surface area contributed by atoms with Crippen LogP contribution in [-0.2, 0) is 27.7 Å². The normalized spacial score (nSPS) is 13.5. The van der Waals surface area contributed by atoms with Gasteiger partial charge in [-0.25, -0.2) is 14.8 Å². The van der Waals surface area contributed by atoms with Crippen molar-refractivity contribution < 1.29 is 14.3 Å². The summed E-state index contributed by atoms with van der Waals surface area (Å²) < 4.78 is 10.5. The van der Waals surface area contributed by atoms with E-state index in [-0.39, 0.29) is 11.5 Å². The lowest BCUT2D eigenvalue weighted by atomic mass is 9.83. The molecule has 0 radical (unpaired) electrons. The minimum atomic E-state index is -0.347. The van der Waals surface area contributed by atoms with E-state index in [1.54, 1.807) is 4.90 Å². The molecule has 7 nitrogen and oxygen atoms in total. The summed E-state index contributed by atoms with van der Waals surface area (Å²) in [4.78, 5) is 26.1. The molecule has 0 bridgehead atoms. The third-order valence-corrected chi connectivity index (χ3v) is 5.95. The standard InChI is InChI=1S/C24H34N4O3.C4H10/c1-6-31-17-16-27(4)21-19-12-14-28(23(29)30-5)15-13-20(19)25-22(26-21)24(2,3)18-10-8-7-9-11-18;1-4(2)3/h7-11H,6,12-17H2,1-5H3;4H,1-3H3. The number of methoxy groups -OCH3 is 1. The van der Waals surface area contributed by atoms with E-state index in [9.17, 15) is 4.79 Å². The van der Waals surface area contributed by atoms with Crippen molar-refractivity contribution in [3.63, 3.8) is 0 Å². The summed E-state index contributed by atoms with van der Waals surface area (Å²) in [6.45, 7) is 16.1. The second-order valence-electron chi connectivity index (χ2n) is 10.1. The fourth-order valence-corrected chi connectivity index (χ4v) is 3.92. The highest BCUT2D eigenvalue weighted by Crippen LogP contribution is 2.33. The second-order valence-corrected chi connectivity index (χ2v) is 10.1. The van der Waals surface area contributed by atoms with Gasteiger partial charge in [0, 0.05) is 50.7 Å². The Labute approximate surface area is 211 Å². The first-order chi connectivity index (χ1) is 16.6. The number of anilines is 1. The molecule has 1 aromatic carbocycles. The zero-order chi connectivity index (χ0) is 26.0. The molecular formula is C28H44N4O3. The van der Waals surface area contributed by atoms with E-state index in [4.69, 9.17) is 19.4 Å². The molecule has 7 heteroatoms. The fraction of sp³-hybridized carbons (Fsp3) is 0.607. The number of fused-ring (bicyclic) bond motifs is 1. The molecule has 0 spiro atoms. The molecule has 2 heterocycles. The van der Waals surface area contributed by atoms with Gasteiger partial charge in [-0.3, -0.25) is 0 Å². The predicted molar refractivity (Wildman–Crippen MR) is 142 cm³/mol. The lowest BCUT2D eigenvalue weighted by Crippen LogP contribution is -2.33. The maximum absolute atomic E-state index is 12.1. The van der Waals surface area contributed by atoms with Crippen LogP contribution in [0.25, 0.3) is 0 Å². The summed E-state index contributed by atoms with van der Waals surface area (Å²) in [5, 5.41) is 0. The molecule has 0 atom stereocenters. The van der Waals surface area contributed by atoms with Crippen molar-refractivity contribution >= 4 is 11.9 Å². The number of ether oxygens (including phenoxy) is 2. The van der Waals surface area contributed by atoms with E-state index in [1.807, 2.05) is 32.2 Å². The van der Waals surface area contributed by atoms with E-state index < -0.39 is 0 Å². The number of aromatic nitrogens is 2. The number of nitrogens with zero attached hydrogens (tertiary/aromatic N) is 4. The molecule has 0 saturated heterocycles. The number of hydrogen-bond acceptors (Lipinski definition) is 6. The van der Waals surface area contributed by atoms with Crippen LogP contribution in [0.4, 0.5) is 10.6 Å². The van der Waals surface area contributed by atoms with Gasteiger partial charge in [-0.15, -0.1) is 0 Å². The highest BCUT2D eigenvalue weighted by Gasteiger charge is 2.31.